The lowest BCUT2D eigenvalue weighted by atomic mass is 10.1. The fourth-order valence-electron chi connectivity index (χ4n) is 2.05. The van der Waals surface area contributed by atoms with Crippen molar-refractivity contribution >= 4 is 11.8 Å². The van der Waals surface area contributed by atoms with E-state index in [1.54, 1.807) is 11.8 Å². The molecule has 0 heterocycles. The van der Waals surface area contributed by atoms with Gasteiger partial charge in [0.05, 0.1) is 0 Å². The fraction of sp³-hybridized carbons (Fsp3) is 0.250. The highest BCUT2D eigenvalue weighted by Gasteiger charge is 2.10. The first-order chi connectivity index (χ1) is 9.30. The first-order valence-corrected chi connectivity index (χ1v) is 7.64. The van der Waals surface area contributed by atoms with Gasteiger partial charge in [0.1, 0.15) is 11.5 Å². The lowest BCUT2D eigenvalue weighted by molar-refractivity contribution is 0.469. The number of benzene rings is 2. The molecule has 0 aromatic heterocycles. The Kier molecular flexibility index (Phi) is 4.88. The van der Waals surface area contributed by atoms with E-state index in [0.717, 1.165) is 23.5 Å². The van der Waals surface area contributed by atoms with Crippen LogP contribution in [0.2, 0.25) is 0 Å². The highest BCUT2D eigenvalue weighted by Crippen LogP contribution is 2.33. The van der Waals surface area contributed by atoms with Crippen LogP contribution >= 0.6 is 11.8 Å². The van der Waals surface area contributed by atoms with Gasteiger partial charge in [0.25, 0.3) is 0 Å². The minimum Gasteiger partial charge on any atom is -0.457 e. The standard InChI is InChI=1S/C16H19NOS/c1-3-12-7-4-5-8-14(12)18-15-9-6-10-16(19-2)13(15)11-17/h4-10H,3,11,17H2,1-2H3. The highest BCUT2D eigenvalue weighted by molar-refractivity contribution is 7.98. The quantitative estimate of drug-likeness (QED) is 0.828. The number of hydrogen-bond acceptors (Lipinski definition) is 3. The molecule has 0 radical (unpaired) electrons. The molecule has 0 saturated heterocycles. The Balaban J connectivity index is 2.38. The molecule has 0 spiro atoms. The van der Waals surface area contributed by atoms with E-state index >= 15 is 0 Å². The zero-order valence-corrected chi connectivity index (χ0v) is 12.2. The number of hydrogen-bond donors (Lipinski definition) is 1. The van der Waals surface area contributed by atoms with Crippen molar-refractivity contribution in [1.82, 2.24) is 0 Å². The van der Waals surface area contributed by atoms with Crippen molar-refractivity contribution in [3.05, 3.63) is 53.6 Å². The maximum absolute atomic E-state index is 6.07. The van der Waals surface area contributed by atoms with Gasteiger partial charge in [-0.2, -0.15) is 0 Å². The van der Waals surface area contributed by atoms with E-state index in [-0.39, 0.29) is 0 Å². The van der Waals surface area contributed by atoms with Crippen molar-refractivity contribution in [2.75, 3.05) is 6.26 Å². The molecule has 0 aliphatic heterocycles. The summed E-state index contributed by atoms with van der Waals surface area (Å²) in [6.45, 7) is 2.62. The van der Waals surface area contributed by atoms with E-state index in [0.29, 0.717) is 6.54 Å². The van der Waals surface area contributed by atoms with Gasteiger partial charge in [-0.15, -0.1) is 11.8 Å². The predicted octanol–water partition coefficient (Wildman–Crippen LogP) is 4.22. The topological polar surface area (TPSA) is 35.2 Å². The molecule has 0 bridgehead atoms. The van der Waals surface area contributed by atoms with Crippen LogP contribution in [0.3, 0.4) is 0 Å². The molecule has 2 rings (SSSR count). The molecule has 19 heavy (non-hydrogen) atoms. The molecule has 0 atom stereocenters. The Morgan fingerprint density at radius 1 is 1.05 bits per heavy atom. The van der Waals surface area contributed by atoms with Crippen LogP contribution in [-0.2, 0) is 13.0 Å². The summed E-state index contributed by atoms with van der Waals surface area (Å²) in [5.41, 5.74) is 8.14. The van der Waals surface area contributed by atoms with Gasteiger partial charge in [-0.3, -0.25) is 0 Å². The SMILES string of the molecule is CCc1ccccc1Oc1cccc(SC)c1CN. The average molecular weight is 273 g/mol. The van der Waals surface area contributed by atoms with Crippen LogP contribution in [0, 0.1) is 0 Å². The number of ether oxygens (including phenoxy) is 1. The number of rotatable bonds is 5. The summed E-state index contributed by atoms with van der Waals surface area (Å²) in [5.74, 6) is 1.77. The van der Waals surface area contributed by atoms with Crippen LogP contribution in [0.5, 0.6) is 11.5 Å². The fourth-order valence-corrected chi connectivity index (χ4v) is 2.69. The molecule has 2 aromatic carbocycles. The van der Waals surface area contributed by atoms with Crippen molar-refractivity contribution in [1.29, 1.82) is 0 Å². The maximum Gasteiger partial charge on any atom is 0.133 e. The van der Waals surface area contributed by atoms with E-state index in [9.17, 15) is 0 Å². The molecule has 0 aliphatic rings. The Labute approximate surface area is 119 Å². The van der Waals surface area contributed by atoms with Gasteiger partial charge in [0, 0.05) is 17.0 Å². The van der Waals surface area contributed by atoms with Crippen molar-refractivity contribution in [2.24, 2.45) is 5.73 Å². The third-order valence-electron chi connectivity index (χ3n) is 3.09. The maximum atomic E-state index is 6.07. The van der Waals surface area contributed by atoms with E-state index in [4.69, 9.17) is 10.5 Å². The summed E-state index contributed by atoms with van der Waals surface area (Å²) in [4.78, 5) is 1.17. The molecule has 0 unspecified atom stereocenters. The van der Waals surface area contributed by atoms with Crippen LogP contribution in [0.25, 0.3) is 0 Å². The summed E-state index contributed by atoms with van der Waals surface area (Å²) in [7, 11) is 0. The number of para-hydroxylation sites is 1. The third-order valence-corrected chi connectivity index (χ3v) is 3.91. The van der Waals surface area contributed by atoms with Gasteiger partial charge >= 0.3 is 0 Å². The molecule has 0 saturated carbocycles. The van der Waals surface area contributed by atoms with E-state index in [1.807, 2.05) is 30.3 Å². The van der Waals surface area contributed by atoms with Gasteiger partial charge in [-0.05, 0) is 36.4 Å². The molecular formula is C16H19NOS. The number of thioether (sulfide) groups is 1. The van der Waals surface area contributed by atoms with Crippen LogP contribution in [0.1, 0.15) is 18.1 Å². The molecule has 0 fully saturated rings. The largest absolute Gasteiger partial charge is 0.457 e. The second-order valence-electron chi connectivity index (χ2n) is 4.20. The summed E-state index contributed by atoms with van der Waals surface area (Å²) in [5, 5.41) is 0. The molecular weight excluding hydrogens is 254 g/mol. The number of aryl methyl sites for hydroxylation is 1. The average Bonchev–Trinajstić information content (AvgIpc) is 2.47. The Hall–Kier alpha value is -1.45. The van der Waals surface area contributed by atoms with Gasteiger partial charge in [-0.1, -0.05) is 31.2 Å². The van der Waals surface area contributed by atoms with Crippen LogP contribution in [0.4, 0.5) is 0 Å². The first kappa shape index (κ1) is 14.0. The van der Waals surface area contributed by atoms with Crippen molar-refractivity contribution in [2.45, 2.75) is 24.8 Å². The minimum atomic E-state index is 0.487. The summed E-state index contributed by atoms with van der Waals surface area (Å²) in [6, 6.07) is 14.2. The smallest absolute Gasteiger partial charge is 0.133 e. The highest BCUT2D eigenvalue weighted by atomic mass is 32.2. The zero-order valence-electron chi connectivity index (χ0n) is 11.3. The minimum absolute atomic E-state index is 0.487. The molecule has 2 aromatic rings. The van der Waals surface area contributed by atoms with Crippen LogP contribution in [-0.4, -0.2) is 6.26 Å². The lowest BCUT2D eigenvalue weighted by Gasteiger charge is -2.15. The second-order valence-corrected chi connectivity index (χ2v) is 5.05. The number of nitrogens with two attached hydrogens (primary N) is 1. The molecule has 0 amide bonds. The van der Waals surface area contributed by atoms with Crippen LogP contribution in [0.15, 0.2) is 47.4 Å². The zero-order chi connectivity index (χ0) is 13.7. The van der Waals surface area contributed by atoms with Gasteiger partial charge in [0.2, 0.25) is 0 Å². The Bertz CT molecular complexity index is 554. The van der Waals surface area contributed by atoms with Crippen molar-refractivity contribution in [3.8, 4) is 11.5 Å². The summed E-state index contributed by atoms with van der Waals surface area (Å²) in [6.07, 6.45) is 3.01. The predicted molar refractivity (Wildman–Crippen MR) is 82.0 cm³/mol. The third kappa shape index (κ3) is 3.11. The van der Waals surface area contributed by atoms with Gasteiger partial charge in [0.15, 0.2) is 0 Å². The van der Waals surface area contributed by atoms with E-state index in [2.05, 4.69) is 25.3 Å². The van der Waals surface area contributed by atoms with E-state index in [1.165, 1.54) is 10.5 Å². The summed E-state index contributed by atoms with van der Waals surface area (Å²) < 4.78 is 6.07. The van der Waals surface area contributed by atoms with Crippen LogP contribution < -0.4 is 10.5 Å². The molecule has 3 heteroatoms. The molecule has 2 N–H and O–H groups in total. The Morgan fingerprint density at radius 2 is 1.79 bits per heavy atom. The normalized spacial score (nSPS) is 10.5. The van der Waals surface area contributed by atoms with Crippen molar-refractivity contribution < 1.29 is 4.74 Å². The lowest BCUT2D eigenvalue weighted by Crippen LogP contribution is -2.02. The summed E-state index contributed by atoms with van der Waals surface area (Å²) >= 11 is 1.69. The second kappa shape index (κ2) is 6.64. The first-order valence-electron chi connectivity index (χ1n) is 6.41. The molecule has 100 valence electrons. The molecule has 0 aliphatic carbocycles. The Morgan fingerprint density at radius 3 is 2.47 bits per heavy atom. The van der Waals surface area contributed by atoms with Gasteiger partial charge < -0.3 is 10.5 Å². The monoisotopic (exact) mass is 273 g/mol. The van der Waals surface area contributed by atoms with Crippen molar-refractivity contribution in [3.63, 3.8) is 0 Å². The molecule has 2 nitrogen and oxygen atoms in total. The van der Waals surface area contributed by atoms with Gasteiger partial charge in [-0.25, -0.2) is 0 Å². The van der Waals surface area contributed by atoms with E-state index < -0.39 is 0 Å².